The smallest absolute Gasteiger partial charge is 0.0332 e. The Bertz CT molecular complexity index is 473. The zero-order chi connectivity index (χ0) is 13.5. The van der Waals surface area contributed by atoms with E-state index in [4.69, 9.17) is 0 Å². The molecule has 0 aliphatic carbocycles. The molecule has 2 nitrogen and oxygen atoms in total. The van der Waals surface area contributed by atoms with Crippen LogP contribution in [0.5, 0.6) is 0 Å². The summed E-state index contributed by atoms with van der Waals surface area (Å²) in [6.45, 7) is 3.28. The zero-order valence-corrected chi connectivity index (χ0v) is 12.0. The minimum absolute atomic E-state index is 0.489. The molecular weight excluding hydrogens is 232 g/mol. The first-order chi connectivity index (χ1) is 9.33. The van der Waals surface area contributed by atoms with E-state index in [0.717, 1.165) is 13.0 Å². The maximum Gasteiger partial charge on any atom is 0.0332 e. The lowest BCUT2D eigenvalue weighted by molar-refractivity contribution is 0.540. The van der Waals surface area contributed by atoms with Crippen molar-refractivity contribution in [2.75, 3.05) is 7.05 Å². The third-order valence-corrected chi connectivity index (χ3v) is 3.60. The summed E-state index contributed by atoms with van der Waals surface area (Å²) in [5, 5.41) is 3.39. The fourth-order valence-corrected chi connectivity index (χ4v) is 2.47. The van der Waals surface area contributed by atoms with Crippen molar-refractivity contribution in [3.05, 3.63) is 59.9 Å². The highest BCUT2D eigenvalue weighted by Gasteiger charge is 2.09. The molecule has 2 aromatic rings. The first kappa shape index (κ1) is 13.9. The number of nitrogens with zero attached hydrogens (tertiary/aromatic N) is 1. The van der Waals surface area contributed by atoms with E-state index < -0.39 is 0 Å². The lowest BCUT2D eigenvalue weighted by Crippen LogP contribution is -2.15. The van der Waals surface area contributed by atoms with Crippen LogP contribution in [0.25, 0.3) is 0 Å². The number of hydrogen-bond donors (Lipinski definition) is 1. The summed E-state index contributed by atoms with van der Waals surface area (Å²) in [4.78, 5) is 0. The second-order valence-corrected chi connectivity index (χ2v) is 5.05. The molecule has 102 valence electrons. The summed E-state index contributed by atoms with van der Waals surface area (Å²) < 4.78 is 2.29. The van der Waals surface area contributed by atoms with Crippen molar-refractivity contribution in [2.45, 2.75) is 38.8 Å². The van der Waals surface area contributed by atoms with Gasteiger partial charge in [0.1, 0.15) is 0 Å². The van der Waals surface area contributed by atoms with Crippen molar-refractivity contribution in [2.24, 2.45) is 0 Å². The van der Waals surface area contributed by atoms with E-state index in [1.807, 2.05) is 7.05 Å². The van der Waals surface area contributed by atoms with Gasteiger partial charge in [-0.3, -0.25) is 0 Å². The molecule has 0 saturated heterocycles. The monoisotopic (exact) mass is 256 g/mol. The molecular formula is C17H24N2. The molecule has 0 amide bonds. The summed E-state index contributed by atoms with van der Waals surface area (Å²) in [6.07, 6.45) is 7.96. The highest BCUT2D eigenvalue weighted by atomic mass is 14.9. The van der Waals surface area contributed by atoms with Crippen LogP contribution in [0.15, 0.2) is 48.8 Å². The minimum Gasteiger partial charge on any atom is -0.354 e. The van der Waals surface area contributed by atoms with Gasteiger partial charge in [-0.25, -0.2) is 0 Å². The Morgan fingerprint density at radius 1 is 1.16 bits per heavy atom. The first-order valence-corrected chi connectivity index (χ1v) is 7.20. The van der Waals surface area contributed by atoms with Crippen molar-refractivity contribution in [3.8, 4) is 0 Å². The van der Waals surface area contributed by atoms with Crippen LogP contribution in [0, 0.1) is 0 Å². The van der Waals surface area contributed by atoms with Gasteiger partial charge in [0, 0.05) is 25.0 Å². The van der Waals surface area contributed by atoms with Crippen LogP contribution >= 0.6 is 0 Å². The quantitative estimate of drug-likeness (QED) is 0.797. The number of hydrogen-bond acceptors (Lipinski definition) is 1. The molecule has 0 fully saturated rings. The largest absolute Gasteiger partial charge is 0.354 e. The van der Waals surface area contributed by atoms with E-state index in [9.17, 15) is 0 Å². The Kier molecular flexibility index (Phi) is 5.22. The Hall–Kier alpha value is -1.54. The molecule has 0 aliphatic heterocycles. The summed E-state index contributed by atoms with van der Waals surface area (Å²) in [5.74, 6) is 0. The van der Waals surface area contributed by atoms with Gasteiger partial charge in [-0.2, -0.15) is 0 Å². The Balaban J connectivity index is 1.93. The summed E-state index contributed by atoms with van der Waals surface area (Å²) in [6, 6.07) is 13.4. The Morgan fingerprint density at radius 2 is 1.95 bits per heavy atom. The third kappa shape index (κ3) is 3.97. The van der Waals surface area contributed by atoms with Crippen LogP contribution in [-0.2, 0) is 13.0 Å². The summed E-state index contributed by atoms with van der Waals surface area (Å²) >= 11 is 0. The molecule has 0 aliphatic rings. The molecule has 19 heavy (non-hydrogen) atoms. The fraction of sp³-hybridized carbons (Fsp3) is 0.412. The van der Waals surface area contributed by atoms with Gasteiger partial charge in [-0.1, -0.05) is 43.7 Å². The van der Waals surface area contributed by atoms with Crippen molar-refractivity contribution in [3.63, 3.8) is 0 Å². The van der Waals surface area contributed by atoms with Crippen molar-refractivity contribution >= 4 is 0 Å². The van der Waals surface area contributed by atoms with Gasteiger partial charge in [0.2, 0.25) is 0 Å². The van der Waals surface area contributed by atoms with Crippen molar-refractivity contribution in [1.29, 1.82) is 0 Å². The second-order valence-electron chi connectivity index (χ2n) is 5.05. The molecule has 1 atom stereocenters. The lowest BCUT2D eigenvalue weighted by Gasteiger charge is -2.13. The zero-order valence-electron chi connectivity index (χ0n) is 12.0. The summed E-state index contributed by atoms with van der Waals surface area (Å²) in [7, 11) is 2.04. The Morgan fingerprint density at radius 3 is 2.63 bits per heavy atom. The molecule has 1 unspecified atom stereocenters. The Labute approximate surface area is 116 Å². The topological polar surface area (TPSA) is 17.0 Å². The molecule has 1 aromatic carbocycles. The molecule has 2 rings (SSSR count). The van der Waals surface area contributed by atoms with Gasteiger partial charge in [0.25, 0.3) is 0 Å². The standard InChI is InChI=1S/C17H24N2/c1-3-7-17(18-2)16-11-13-19(14-16)12-10-15-8-5-4-6-9-15/h4-6,8-9,11,13-14,17-18H,3,7,10,12H2,1-2H3. The molecule has 0 radical (unpaired) electrons. The molecule has 0 saturated carbocycles. The van der Waals surface area contributed by atoms with E-state index in [1.54, 1.807) is 0 Å². The highest BCUT2D eigenvalue weighted by Crippen LogP contribution is 2.18. The van der Waals surface area contributed by atoms with Gasteiger partial charge in [0.15, 0.2) is 0 Å². The van der Waals surface area contributed by atoms with Crippen LogP contribution in [0.1, 0.15) is 36.9 Å². The van der Waals surface area contributed by atoms with E-state index in [2.05, 4.69) is 65.6 Å². The molecule has 0 spiro atoms. The van der Waals surface area contributed by atoms with Crippen LogP contribution < -0.4 is 5.32 Å². The SMILES string of the molecule is CCCC(NC)c1ccn(CCc2ccccc2)c1. The number of aromatic nitrogens is 1. The van der Waals surface area contributed by atoms with Gasteiger partial charge < -0.3 is 9.88 Å². The van der Waals surface area contributed by atoms with E-state index in [1.165, 1.54) is 24.0 Å². The summed E-state index contributed by atoms with van der Waals surface area (Å²) in [5.41, 5.74) is 2.80. The third-order valence-electron chi connectivity index (χ3n) is 3.60. The number of aryl methyl sites for hydroxylation is 2. The number of nitrogens with one attached hydrogen (secondary N) is 1. The van der Waals surface area contributed by atoms with Gasteiger partial charge in [-0.05, 0) is 37.1 Å². The maximum atomic E-state index is 3.39. The second kappa shape index (κ2) is 7.15. The molecule has 1 N–H and O–H groups in total. The van der Waals surface area contributed by atoms with Crippen LogP contribution in [0.4, 0.5) is 0 Å². The number of rotatable bonds is 7. The first-order valence-electron chi connectivity index (χ1n) is 7.20. The fourth-order valence-electron chi connectivity index (χ4n) is 2.47. The average Bonchev–Trinajstić information content (AvgIpc) is 2.92. The van der Waals surface area contributed by atoms with Gasteiger partial charge in [-0.15, -0.1) is 0 Å². The van der Waals surface area contributed by atoms with Crippen molar-refractivity contribution in [1.82, 2.24) is 9.88 Å². The number of benzene rings is 1. The highest BCUT2D eigenvalue weighted by molar-refractivity contribution is 5.17. The molecule has 2 heteroatoms. The van der Waals surface area contributed by atoms with E-state index in [-0.39, 0.29) is 0 Å². The predicted molar refractivity (Wildman–Crippen MR) is 81.3 cm³/mol. The lowest BCUT2D eigenvalue weighted by atomic mass is 10.1. The van der Waals surface area contributed by atoms with Crippen LogP contribution in [0.2, 0.25) is 0 Å². The molecule has 1 heterocycles. The van der Waals surface area contributed by atoms with E-state index in [0.29, 0.717) is 6.04 Å². The minimum atomic E-state index is 0.489. The van der Waals surface area contributed by atoms with Gasteiger partial charge >= 0.3 is 0 Å². The van der Waals surface area contributed by atoms with Crippen LogP contribution in [-0.4, -0.2) is 11.6 Å². The normalized spacial score (nSPS) is 12.5. The van der Waals surface area contributed by atoms with Crippen LogP contribution in [0.3, 0.4) is 0 Å². The average molecular weight is 256 g/mol. The molecule has 1 aromatic heterocycles. The maximum absolute atomic E-state index is 3.39. The predicted octanol–water partition coefficient (Wildman–Crippen LogP) is 3.79. The van der Waals surface area contributed by atoms with Gasteiger partial charge in [0.05, 0.1) is 0 Å². The van der Waals surface area contributed by atoms with Crippen molar-refractivity contribution < 1.29 is 0 Å². The van der Waals surface area contributed by atoms with E-state index >= 15 is 0 Å². The molecule has 0 bridgehead atoms.